The smallest absolute Gasteiger partial charge is 0.261 e. The molecule has 0 spiro atoms. The lowest BCUT2D eigenvalue weighted by atomic mass is 10.1. The Morgan fingerprint density at radius 3 is 1.33 bits per heavy atom. The number of benzene rings is 4. The molecule has 0 saturated heterocycles. The molecule has 5 aromatic rings. The first kappa shape index (κ1) is 26.5. The number of nitrogens with one attached hydrogen (secondary N) is 2. The molecule has 0 amide bonds. The molecule has 1 aromatic heterocycles. The van der Waals surface area contributed by atoms with Crippen molar-refractivity contribution in [2.45, 2.75) is 36.5 Å². The number of fused-ring (bicyclic) bond motifs is 2. The Morgan fingerprint density at radius 2 is 0.974 bits per heavy atom. The Balaban J connectivity index is 1.51. The Bertz CT molecular complexity index is 1820. The van der Waals surface area contributed by atoms with E-state index in [0.717, 1.165) is 24.0 Å². The van der Waals surface area contributed by atoms with Crippen molar-refractivity contribution in [1.29, 1.82) is 0 Å². The molecule has 0 aliphatic carbocycles. The van der Waals surface area contributed by atoms with Crippen LogP contribution in [0.1, 0.15) is 25.0 Å². The van der Waals surface area contributed by atoms with Gasteiger partial charge in [-0.15, -0.1) is 0 Å². The van der Waals surface area contributed by atoms with Crippen molar-refractivity contribution >= 4 is 53.4 Å². The lowest BCUT2D eigenvalue weighted by Crippen LogP contribution is -2.14. The minimum absolute atomic E-state index is 0.0179. The first-order valence-corrected chi connectivity index (χ1v) is 15.3. The molecular weight excluding hydrogens is 536 g/mol. The normalized spacial score (nSPS) is 12.1. The van der Waals surface area contributed by atoms with E-state index in [1.54, 1.807) is 24.3 Å². The van der Waals surface area contributed by atoms with Crippen LogP contribution >= 0.6 is 0 Å². The standard InChI is InChI=1S/C29H26N2O6S2/c1-3-19-5-9-21(10-6-19)30-38(33,34)23-13-15-27-25(17-23)29(32)26-18-24(14-16-28(26)37-27)39(35,36)31-22-11-7-20(4-2)8-12-22/h5-18,30-31H,3-4H2,1-2H3. The lowest BCUT2D eigenvalue weighted by Gasteiger charge is -2.11. The monoisotopic (exact) mass is 562 g/mol. The van der Waals surface area contributed by atoms with Gasteiger partial charge in [-0.05, 0) is 84.6 Å². The van der Waals surface area contributed by atoms with Gasteiger partial charge in [-0.25, -0.2) is 16.8 Å². The highest BCUT2D eigenvalue weighted by Crippen LogP contribution is 2.26. The summed E-state index contributed by atoms with van der Waals surface area (Å²) >= 11 is 0. The molecule has 200 valence electrons. The molecule has 1 heterocycles. The molecule has 5 rings (SSSR count). The Kier molecular flexibility index (Phi) is 6.92. The fraction of sp³-hybridized carbons (Fsp3) is 0.138. The zero-order chi connectivity index (χ0) is 27.8. The van der Waals surface area contributed by atoms with Gasteiger partial charge in [-0.1, -0.05) is 38.1 Å². The van der Waals surface area contributed by atoms with Gasteiger partial charge < -0.3 is 4.42 Å². The van der Waals surface area contributed by atoms with Crippen LogP contribution in [0.25, 0.3) is 21.9 Å². The number of sulfonamides is 2. The molecule has 0 radical (unpaired) electrons. The molecule has 0 unspecified atom stereocenters. The van der Waals surface area contributed by atoms with Crippen LogP contribution in [-0.2, 0) is 32.9 Å². The molecule has 0 aliphatic rings. The van der Waals surface area contributed by atoms with Crippen molar-refractivity contribution in [3.05, 3.63) is 106 Å². The van der Waals surface area contributed by atoms with Crippen LogP contribution in [0.15, 0.2) is 104 Å². The van der Waals surface area contributed by atoms with E-state index in [1.165, 1.54) is 36.4 Å². The van der Waals surface area contributed by atoms with E-state index >= 15 is 0 Å². The van der Waals surface area contributed by atoms with Crippen LogP contribution in [0.5, 0.6) is 0 Å². The Morgan fingerprint density at radius 1 is 0.590 bits per heavy atom. The van der Waals surface area contributed by atoms with Crippen molar-refractivity contribution in [3.63, 3.8) is 0 Å². The van der Waals surface area contributed by atoms with Crippen molar-refractivity contribution in [2.75, 3.05) is 9.44 Å². The van der Waals surface area contributed by atoms with E-state index in [1.807, 2.05) is 38.1 Å². The van der Waals surface area contributed by atoms with Crippen molar-refractivity contribution in [2.24, 2.45) is 0 Å². The molecule has 8 nitrogen and oxygen atoms in total. The highest BCUT2D eigenvalue weighted by atomic mass is 32.2. The molecule has 0 saturated carbocycles. The SMILES string of the molecule is CCc1ccc(NS(=O)(=O)c2ccc3oc4ccc(S(=O)(=O)Nc5ccc(CC)cc5)cc4c(=O)c3c2)cc1. The Hall–Kier alpha value is -4.15. The minimum atomic E-state index is -4.00. The fourth-order valence-electron chi connectivity index (χ4n) is 4.19. The second kappa shape index (κ2) is 10.2. The maximum Gasteiger partial charge on any atom is 0.261 e. The summed E-state index contributed by atoms with van der Waals surface area (Å²) in [4.78, 5) is 13.2. The third-order valence-electron chi connectivity index (χ3n) is 6.46. The van der Waals surface area contributed by atoms with Crippen LogP contribution in [0.3, 0.4) is 0 Å². The number of hydrogen-bond acceptors (Lipinski definition) is 6. The summed E-state index contributed by atoms with van der Waals surface area (Å²) in [5.74, 6) is 0. The fourth-order valence-corrected chi connectivity index (χ4v) is 6.36. The molecule has 0 atom stereocenters. The topological polar surface area (TPSA) is 123 Å². The van der Waals surface area contributed by atoms with Gasteiger partial charge in [0.1, 0.15) is 11.2 Å². The molecule has 2 N–H and O–H groups in total. The van der Waals surface area contributed by atoms with Gasteiger partial charge in [-0.2, -0.15) is 0 Å². The van der Waals surface area contributed by atoms with Gasteiger partial charge >= 0.3 is 0 Å². The molecule has 0 bridgehead atoms. The Labute approximate surface area is 226 Å². The van der Waals surface area contributed by atoms with E-state index in [0.29, 0.717) is 11.4 Å². The average molecular weight is 563 g/mol. The summed E-state index contributed by atoms with van der Waals surface area (Å²) in [6.07, 6.45) is 1.65. The minimum Gasteiger partial charge on any atom is -0.456 e. The quantitative estimate of drug-likeness (QED) is 0.235. The second-order valence-electron chi connectivity index (χ2n) is 9.06. The van der Waals surface area contributed by atoms with Crippen molar-refractivity contribution < 1.29 is 21.3 Å². The maximum absolute atomic E-state index is 13.4. The second-order valence-corrected chi connectivity index (χ2v) is 12.4. The van der Waals surface area contributed by atoms with Crippen LogP contribution in [0, 0.1) is 0 Å². The van der Waals surface area contributed by atoms with E-state index in [9.17, 15) is 21.6 Å². The number of rotatable bonds is 8. The summed E-state index contributed by atoms with van der Waals surface area (Å²) < 4.78 is 63.0. The molecule has 39 heavy (non-hydrogen) atoms. The van der Waals surface area contributed by atoms with E-state index in [4.69, 9.17) is 4.42 Å². The van der Waals surface area contributed by atoms with Gasteiger partial charge in [0.05, 0.1) is 20.6 Å². The molecule has 4 aromatic carbocycles. The first-order valence-electron chi connectivity index (χ1n) is 12.3. The molecule has 0 aliphatic heterocycles. The molecule has 10 heteroatoms. The predicted molar refractivity (Wildman–Crippen MR) is 153 cm³/mol. The van der Waals surface area contributed by atoms with Crippen LogP contribution in [-0.4, -0.2) is 16.8 Å². The van der Waals surface area contributed by atoms with Crippen LogP contribution in [0.2, 0.25) is 0 Å². The number of anilines is 2. The highest BCUT2D eigenvalue weighted by Gasteiger charge is 2.20. The summed E-state index contributed by atoms with van der Waals surface area (Å²) in [7, 11) is -8.00. The zero-order valence-electron chi connectivity index (χ0n) is 21.3. The lowest BCUT2D eigenvalue weighted by molar-refractivity contribution is 0.599. The summed E-state index contributed by atoms with van der Waals surface area (Å²) in [6.45, 7) is 4.01. The van der Waals surface area contributed by atoms with Gasteiger partial charge in [0.2, 0.25) is 5.43 Å². The van der Waals surface area contributed by atoms with Gasteiger partial charge in [-0.3, -0.25) is 14.2 Å². The molecule has 0 fully saturated rings. The van der Waals surface area contributed by atoms with E-state index in [-0.39, 0.29) is 31.7 Å². The van der Waals surface area contributed by atoms with Crippen LogP contribution < -0.4 is 14.9 Å². The summed E-state index contributed by atoms with van der Waals surface area (Å²) in [6, 6.07) is 22.0. The molecular formula is C29H26N2O6S2. The van der Waals surface area contributed by atoms with Crippen molar-refractivity contribution in [1.82, 2.24) is 0 Å². The third kappa shape index (κ3) is 5.39. The predicted octanol–water partition coefficient (Wildman–Crippen LogP) is 5.67. The van der Waals surface area contributed by atoms with Gasteiger partial charge in [0, 0.05) is 11.4 Å². The summed E-state index contributed by atoms with van der Waals surface area (Å²) in [5, 5.41) is 0.0359. The first-order chi connectivity index (χ1) is 18.6. The highest BCUT2D eigenvalue weighted by molar-refractivity contribution is 7.93. The largest absolute Gasteiger partial charge is 0.456 e. The number of aryl methyl sites for hydroxylation is 2. The van der Waals surface area contributed by atoms with Gasteiger partial charge in [0.15, 0.2) is 0 Å². The third-order valence-corrected chi connectivity index (χ3v) is 9.22. The zero-order valence-corrected chi connectivity index (χ0v) is 22.9. The summed E-state index contributed by atoms with van der Waals surface area (Å²) in [5.41, 5.74) is 2.75. The average Bonchev–Trinajstić information content (AvgIpc) is 2.93. The van der Waals surface area contributed by atoms with E-state index < -0.39 is 25.5 Å². The number of hydrogen-bond donors (Lipinski definition) is 2. The van der Waals surface area contributed by atoms with Crippen LogP contribution in [0.4, 0.5) is 11.4 Å². The van der Waals surface area contributed by atoms with Crippen molar-refractivity contribution in [3.8, 4) is 0 Å². The van der Waals surface area contributed by atoms with E-state index in [2.05, 4.69) is 9.44 Å². The maximum atomic E-state index is 13.4. The van der Waals surface area contributed by atoms with Gasteiger partial charge in [0.25, 0.3) is 20.0 Å².